The van der Waals surface area contributed by atoms with Crippen molar-refractivity contribution < 1.29 is 18.4 Å². The molecule has 5 nitrogen and oxygen atoms in total. The zero-order valence-corrected chi connectivity index (χ0v) is 20.0. The summed E-state index contributed by atoms with van der Waals surface area (Å²) < 4.78 is 27.1. The molecular weight excluding hydrogens is 484 g/mol. The van der Waals surface area contributed by atoms with Crippen LogP contribution in [0, 0.1) is 18.6 Å². The molecular formula is C28H22ClF2N3O2. The number of hydrogen-bond acceptors (Lipinski definition) is 3. The molecule has 0 fully saturated rings. The number of rotatable bonds is 7. The van der Waals surface area contributed by atoms with Crippen LogP contribution in [0.15, 0.2) is 84.9 Å². The predicted molar refractivity (Wildman–Crippen MR) is 138 cm³/mol. The van der Waals surface area contributed by atoms with E-state index in [0.717, 1.165) is 17.7 Å². The lowest BCUT2D eigenvalue weighted by atomic mass is 9.98. The van der Waals surface area contributed by atoms with Crippen LogP contribution >= 0.6 is 11.6 Å². The summed E-state index contributed by atoms with van der Waals surface area (Å²) in [5.74, 6) is -1.76. The summed E-state index contributed by atoms with van der Waals surface area (Å²) in [6.07, 6.45) is 0. The Bertz CT molecular complexity index is 1430. The van der Waals surface area contributed by atoms with Crippen LogP contribution in [0.25, 0.3) is 0 Å². The van der Waals surface area contributed by atoms with E-state index in [9.17, 15) is 18.4 Å². The molecule has 3 N–H and O–H groups in total. The summed E-state index contributed by atoms with van der Waals surface area (Å²) >= 11 is 6.39. The quantitative estimate of drug-likeness (QED) is 0.232. The summed E-state index contributed by atoms with van der Waals surface area (Å²) in [4.78, 5) is 25.6. The lowest BCUT2D eigenvalue weighted by molar-refractivity contribution is 0.103. The monoisotopic (exact) mass is 505 g/mol. The number of hydrogen-bond donors (Lipinski definition) is 3. The van der Waals surface area contributed by atoms with E-state index >= 15 is 0 Å². The molecule has 0 radical (unpaired) electrons. The summed E-state index contributed by atoms with van der Waals surface area (Å²) in [5.41, 5.74) is 3.26. The van der Waals surface area contributed by atoms with Crippen LogP contribution in [0.1, 0.15) is 27.0 Å². The normalized spacial score (nSPS) is 10.6. The molecule has 0 aliphatic carbocycles. The van der Waals surface area contributed by atoms with E-state index in [1.807, 2.05) is 30.3 Å². The first kappa shape index (κ1) is 24.9. The number of halogens is 3. The van der Waals surface area contributed by atoms with Crippen LogP contribution in [0.4, 0.5) is 30.6 Å². The van der Waals surface area contributed by atoms with Crippen LogP contribution in [0.5, 0.6) is 0 Å². The van der Waals surface area contributed by atoms with Crippen LogP contribution in [0.2, 0.25) is 5.02 Å². The fourth-order valence-corrected chi connectivity index (χ4v) is 3.83. The van der Waals surface area contributed by atoms with Crippen molar-refractivity contribution >= 4 is 40.5 Å². The third-order valence-electron chi connectivity index (χ3n) is 5.46. The second-order valence-electron chi connectivity index (χ2n) is 8.10. The Kier molecular flexibility index (Phi) is 7.61. The van der Waals surface area contributed by atoms with Crippen molar-refractivity contribution in [2.75, 3.05) is 10.6 Å². The topological polar surface area (TPSA) is 70.2 Å². The van der Waals surface area contributed by atoms with E-state index in [0.29, 0.717) is 29.0 Å². The summed E-state index contributed by atoms with van der Waals surface area (Å²) in [7, 11) is 0. The maximum absolute atomic E-state index is 13.9. The minimum atomic E-state index is -0.751. The van der Waals surface area contributed by atoms with Gasteiger partial charge in [0.15, 0.2) is 5.78 Å². The zero-order chi connectivity index (χ0) is 25.7. The molecule has 36 heavy (non-hydrogen) atoms. The number of anilines is 3. The van der Waals surface area contributed by atoms with Crippen LogP contribution in [-0.2, 0) is 6.54 Å². The lowest BCUT2D eigenvalue weighted by Crippen LogP contribution is -2.28. The number of amides is 2. The predicted octanol–water partition coefficient (Wildman–Crippen LogP) is 7.22. The van der Waals surface area contributed by atoms with Gasteiger partial charge >= 0.3 is 6.03 Å². The number of benzene rings is 4. The lowest BCUT2D eigenvalue weighted by Gasteiger charge is -2.13. The van der Waals surface area contributed by atoms with Gasteiger partial charge in [0.05, 0.1) is 10.7 Å². The number of carbonyl (C=O) groups is 2. The Morgan fingerprint density at radius 2 is 1.58 bits per heavy atom. The minimum Gasteiger partial charge on any atom is -0.353 e. The van der Waals surface area contributed by atoms with Crippen molar-refractivity contribution in [3.63, 3.8) is 0 Å². The fraction of sp³-hybridized carbons (Fsp3) is 0.0714. The van der Waals surface area contributed by atoms with E-state index in [1.54, 1.807) is 31.2 Å². The number of ketones is 1. The van der Waals surface area contributed by atoms with Gasteiger partial charge < -0.3 is 16.0 Å². The van der Waals surface area contributed by atoms with Gasteiger partial charge in [-0.25, -0.2) is 13.6 Å². The standard InChI is InChI=1S/C28H22ClF2N3O2/c1-17-7-9-20(34-28(36)32-16-18-5-3-2-4-6-18)14-23(17)27(35)22-11-10-21(15-24(22)29)33-26-12-8-19(30)13-25(26)31/h2-15,33H,16H2,1H3,(H2,32,34,36). The molecule has 4 aromatic carbocycles. The highest BCUT2D eigenvalue weighted by Gasteiger charge is 2.17. The Labute approximate surface area is 212 Å². The maximum Gasteiger partial charge on any atom is 0.319 e. The van der Waals surface area contributed by atoms with Crippen molar-refractivity contribution in [2.45, 2.75) is 13.5 Å². The van der Waals surface area contributed by atoms with E-state index in [-0.39, 0.29) is 22.1 Å². The average molecular weight is 506 g/mol. The van der Waals surface area contributed by atoms with Gasteiger partial charge in [0.2, 0.25) is 0 Å². The van der Waals surface area contributed by atoms with E-state index in [4.69, 9.17) is 11.6 Å². The second kappa shape index (κ2) is 11.0. The molecule has 0 aliphatic rings. The maximum atomic E-state index is 13.9. The molecule has 0 unspecified atom stereocenters. The van der Waals surface area contributed by atoms with Crippen molar-refractivity contribution in [3.05, 3.63) is 124 Å². The highest BCUT2D eigenvalue weighted by Crippen LogP contribution is 2.28. The molecule has 4 aromatic rings. The molecule has 8 heteroatoms. The Morgan fingerprint density at radius 1 is 0.833 bits per heavy atom. The molecule has 0 bridgehead atoms. The second-order valence-corrected chi connectivity index (χ2v) is 8.50. The van der Waals surface area contributed by atoms with Gasteiger partial charge in [0, 0.05) is 35.1 Å². The van der Waals surface area contributed by atoms with E-state index in [1.165, 1.54) is 18.2 Å². The van der Waals surface area contributed by atoms with Crippen LogP contribution in [-0.4, -0.2) is 11.8 Å². The Hall–Kier alpha value is -4.23. The van der Waals surface area contributed by atoms with E-state index in [2.05, 4.69) is 16.0 Å². The van der Waals surface area contributed by atoms with Gasteiger partial charge in [-0.2, -0.15) is 0 Å². The smallest absolute Gasteiger partial charge is 0.319 e. The minimum absolute atomic E-state index is 0.0757. The van der Waals surface area contributed by atoms with Gasteiger partial charge in [0.1, 0.15) is 11.6 Å². The fourth-order valence-electron chi connectivity index (χ4n) is 3.57. The third-order valence-corrected chi connectivity index (χ3v) is 5.77. The molecule has 2 amide bonds. The number of urea groups is 1. The molecule has 0 aliphatic heterocycles. The molecule has 0 heterocycles. The first-order chi connectivity index (χ1) is 17.3. The molecule has 0 saturated heterocycles. The molecule has 4 rings (SSSR count). The first-order valence-electron chi connectivity index (χ1n) is 11.1. The molecule has 0 aromatic heterocycles. The van der Waals surface area contributed by atoms with Crippen molar-refractivity contribution in [1.82, 2.24) is 5.32 Å². The van der Waals surface area contributed by atoms with Gasteiger partial charge in [-0.15, -0.1) is 0 Å². The van der Waals surface area contributed by atoms with Gasteiger partial charge in [0.25, 0.3) is 0 Å². The number of carbonyl (C=O) groups excluding carboxylic acids is 2. The summed E-state index contributed by atoms with van der Waals surface area (Å²) in [6, 6.07) is 21.9. The van der Waals surface area contributed by atoms with Crippen LogP contribution in [0.3, 0.4) is 0 Å². The SMILES string of the molecule is Cc1ccc(NC(=O)NCc2ccccc2)cc1C(=O)c1ccc(Nc2ccc(F)cc2F)cc1Cl. The molecule has 0 atom stereocenters. The molecule has 0 saturated carbocycles. The number of nitrogens with one attached hydrogen (secondary N) is 3. The highest BCUT2D eigenvalue weighted by atomic mass is 35.5. The zero-order valence-electron chi connectivity index (χ0n) is 19.2. The van der Waals surface area contributed by atoms with Crippen molar-refractivity contribution in [1.29, 1.82) is 0 Å². The average Bonchev–Trinajstić information content (AvgIpc) is 2.86. The largest absolute Gasteiger partial charge is 0.353 e. The molecule has 182 valence electrons. The Morgan fingerprint density at radius 3 is 2.31 bits per heavy atom. The van der Waals surface area contributed by atoms with Gasteiger partial charge in [-0.3, -0.25) is 4.79 Å². The summed E-state index contributed by atoms with van der Waals surface area (Å²) in [6.45, 7) is 2.15. The third kappa shape index (κ3) is 6.06. The highest BCUT2D eigenvalue weighted by molar-refractivity contribution is 6.35. The van der Waals surface area contributed by atoms with Gasteiger partial charge in [-0.05, 0) is 60.5 Å². The van der Waals surface area contributed by atoms with Crippen molar-refractivity contribution in [3.8, 4) is 0 Å². The number of aryl methyl sites for hydroxylation is 1. The Balaban J connectivity index is 1.47. The molecule has 0 spiro atoms. The van der Waals surface area contributed by atoms with Crippen molar-refractivity contribution in [2.24, 2.45) is 0 Å². The summed E-state index contributed by atoms with van der Waals surface area (Å²) in [5, 5.41) is 8.49. The van der Waals surface area contributed by atoms with E-state index < -0.39 is 17.7 Å². The van der Waals surface area contributed by atoms with Crippen LogP contribution < -0.4 is 16.0 Å². The first-order valence-corrected chi connectivity index (χ1v) is 11.4. The van der Waals surface area contributed by atoms with Gasteiger partial charge in [-0.1, -0.05) is 48.0 Å².